The van der Waals surface area contributed by atoms with Crippen LogP contribution >= 0.6 is 28.1 Å². The van der Waals surface area contributed by atoms with Crippen LogP contribution in [0.1, 0.15) is 35.7 Å². The number of ether oxygens (including phenoxy) is 1. The van der Waals surface area contributed by atoms with E-state index in [9.17, 15) is 18.0 Å². The fourth-order valence-electron chi connectivity index (χ4n) is 2.20. The highest BCUT2D eigenvalue weighted by Gasteiger charge is 2.30. The third kappa shape index (κ3) is 6.49. The molecule has 0 saturated heterocycles. The Morgan fingerprint density at radius 1 is 1.21 bits per heavy atom. The summed E-state index contributed by atoms with van der Waals surface area (Å²) in [5.41, 5.74) is -0.363. The second-order valence-electron chi connectivity index (χ2n) is 5.83. The van der Waals surface area contributed by atoms with Crippen LogP contribution in [0.2, 0.25) is 0 Å². The number of rotatable bonds is 6. The molecule has 2 rings (SSSR count). The van der Waals surface area contributed by atoms with Crippen molar-refractivity contribution in [3.63, 3.8) is 0 Å². The molecule has 0 bridgehead atoms. The lowest BCUT2D eigenvalue weighted by molar-refractivity contribution is -0.137. The molecule has 1 amide bonds. The average molecular weight is 475 g/mol. The standard InChI is InChI=1S/C19H18BrF3N2O2S/c1-2-3-9-27-16-8-7-12(10-15(16)20)17(26)25-18(28)24-14-6-4-5-13(11-14)19(21,22)23/h4-8,10-11H,2-3,9H2,1H3,(H2,24,25,26,28). The Morgan fingerprint density at radius 3 is 2.61 bits per heavy atom. The largest absolute Gasteiger partial charge is 0.492 e. The Labute approximate surface area is 174 Å². The number of carbonyl (C=O) groups excluding carboxylic acids is 1. The first-order valence-electron chi connectivity index (χ1n) is 8.42. The van der Waals surface area contributed by atoms with E-state index in [1.807, 2.05) is 0 Å². The Balaban J connectivity index is 1.99. The summed E-state index contributed by atoms with van der Waals surface area (Å²) in [5.74, 6) is 0.125. The summed E-state index contributed by atoms with van der Waals surface area (Å²) in [4.78, 5) is 12.3. The summed E-state index contributed by atoms with van der Waals surface area (Å²) in [6.07, 6.45) is -2.53. The summed E-state index contributed by atoms with van der Waals surface area (Å²) >= 11 is 8.37. The number of nitrogens with one attached hydrogen (secondary N) is 2. The van der Waals surface area contributed by atoms with Crippen LogP contribution in [-0.2, 0) is 6.18 Å². The molecule has 0 atom stereocenters. The van der Waals surface area contributed by atoms with Crippen molar-refractivity contribution >= 4 is 44.9 Å². The Kier molecular flexibility index (Phi) is 7.82. The van der Waals surface area contributed by atoms with Gasteiger partial charge < -0.3 is 10.1 Å². The summed E-state index contributed by atoms with van der Waals surface area (Å²) in [6, 6.07) is 9.37. The van der Waals surface area contributed by atoms with Gasteiger partial charge in [-0.3, -0.25) is 10.1 Å². The molecule has 28 heavy (non-hydrogen) atoms. The van der Waals surface area contributed by atoms with E-state index in [1.54, 1.807) is 18.2 Å². The van der Waals surface area contributed by atoms with Crippen molar-refractivity contribution in [3.05, 3.63) is 58.1 Å². The van der Waals surface area contributed by atoms with Crippen LogP contribution in [0.15, 0.2) is 46.9 Å². The van der Waals surface area contributed by atoms with Crippen LogP contribution in [-0.4, -0.2) is 17.6 Å². The molecule has 0 aliphatic carbocycles. The third-order valence-electron chi connectivity index (χ3n) is 3.62. The monoisotopic (exact) mass is 474 g/mol. The number of hydrogen-bond acceptors (Lipinski definition) is 3. The van der Waals surface area contributed by atoms with E-state index in [0.29, 0.717) is 22.4 Å². The SMILES string of the molecule is CCCCOc1ccc(C(=O)NC(=S)Nc2cccc(C(F)(F)F)c2)cc1Br. The maximum Gasteiger partial charge on any atom is 0.416 e. The van der Waals surface area contributed by atoms with Crippen molar-refractivity contribution < 1.29 is 22.7 Å². The second-order valence-corrected chi connectivity index (χ2v) is 7.10. The maximum atomic E-state index is 12.8. The van der Waals surface area contributed by atoms with Gasteiger partial charge in [0.2, 0.25) is 0 Å². The fourth-order valence-corrected chi connectivity index (χ4v) is 2.90. The predicted octanol–water partition coefficient (Wildman–Crippen LogP) is 5.77. The van der Waals surface area contributed by atoms with E-state index >= 15 is 0 Å². The molecule has 150 valence electrons. The van der Waals surface area contributed by atoms with Crippen LogP contribution in [0.5, 0.6) is 5.75 Å². The zero-order chi connectivity index (χ0) is 20.7. The van der Waals surface area contributed by atoms with Gasteiger partial charge in [0.05, 0.1) is 16.6 Å². The van der Waals surface area contributed by atoms with Crippen LogP contribution in [0.4, 0.5) is 18.9 Å². The lowest BCUT2D eigenvalue weighted by atomic mass is 10.2. The molecular formula is C19H18BrF3N2O2S. The second kappa shape index (κ2) is 9.88. The number of unbranched alkanes of at least 4 members (excludes halogenated alkanes) is 1. The number of hydrogen-bond donors (Lipinski definition) is 2. The predicted molar refractivity (Wildman–Crippen MR) is 110 cm³/mol. The van der Waals surface area contributed by atoms with Gasteiger partial charge in [0.15, 0.2) is 5.11 Å². The summed E-state index contributed by atoms with van der Waals surface area (Å²) < 4.78 is 44.5. The van der Waals surface area contributed by atoms with Gasteiger partial charge >= 0.3 is 6.18 Å². The average Bonchev–Trinajstić information content (AvgIpc) is 2.62. The van der Waals surface area contributed by atoms with Crippen molar-refractivity contribution in [2.45, 2.75) is 25.9 Å². The number of alkyl halides is 3. The molecule has 0 unspecified atom stereocenters. The first-order chi connectivity index (χ1) is 13.2. The Morgan fingerprint density at radius 2 is 1.96 bits per heavy atom. The van der Waals surface area contributed by atoms with Gasteiger partial charge in [0, 0.05) is 11.3 Å². The molecule has 0 aromatic heterocycles. The van der Waals surface area contributed by atoms with E-state index in [-0.39, 0.29) is 10.8 Å². The van der Waals surface area contributed by atoms with E-state index < -0.39 is 17.6 Å². The van der Waals surface area contributed by atoms with Gasteiger partial charge in [-0.25, -0.2) is 0 Å². The molecule has 0 radical (unpaired) electrons. The highest BCUT2D eigenvalue weighted by Crippen LogP contribution is 2.30. The summed E-state index contributed by atoms with van der Waals surface area (Å²) in [6.45, 7) is 2.63. The molecule has 0 aliphatic rings. The van der Waals surface area contributed by atoms with Crippen molar-refractivity contribution in [2.24, 2.45) is 0 Å². The molecule has 4 nitrogen and oxygen atoms in total. The quantitative estimate of drug-likeness (QED) is 0.411. The fraction of sp³-hybridized carbons (Fsp3) is 0.263. The zero-order valence-electron chi connectivity index (χ0n) is 14.9. The van der Waals surface area contributed by atoms with Crippen molar-refractivity contribution in [2.75, 3.05) is 11.9 Å². The van der Waals surface area contributed by atoms with Crippen LogP contribution in [0.25, 0.3) is 0 Å². The maximum absolute atomic E-state index is 12.8. The number of halogens is 4. The third-order valence-corrected chi connectivity index (χ3v) is 4.45. The van der Waals surface area contributed by atoms with Crippen LogP contribution in [0.3, 0.4) is 0 Å². The Hall–Kier alpha value is -2.13. The zero-order valence-corrected chi connectivity index (χ0v) is 17.3. The minimum Gasteiger partial charge on any atom is -0.492 e. The van der Waals surface area contributed by atoms with Crippen LogP contribution < -0.4 is 15.4 Å². The minimum atomic E-state index is -4.46. The lowest BCUT2D eigenvalue weighted by Gasteiger charge is -2.13. The van der Waals surface area contributed by atoms with E-state index in [4.69, 9.17) is 17.0 Å². The molecule has 2 N–H and O–H groups in total. The highest BCUT2D eigenvalue weighted by molar-refractivity contribution is 9.10. The van der Waals surface area contributed by atoms with Crippen molar-refractivity contribution in [3.8, 4) is 5.75 Å². The molecule has 0 saturated carbocycles. The number of carbonyl (C=O) groups is 1. The van der Waals surface area contributed by atoms with Gasteiger partial charge in [-0.2, -0.15) is 13.2 Å². The van der Waals surface area contributed by atoms with E-state index in [0.717, 1.165) is 25.0 Å². The molecule has 2 aromatic rings. The molecule has 0 fully saturated rings. The van der Waals surface area contributed by atoms with Gasteiger partial charge in [0.1, 0.15) is 5.75 Å². The van der Waals surface area contributed by atoms with Gasteiger partial charge in [-0.1, -0.05) is 19.4 Å². The molecule has 9 heteroatoms. The lowest BCUT2D eigenvalue weighted by Crippen LogP contribution is -2.34. The van der Waals surface area contributed by atoms with Gasteiger partial charge in [0.25, 0.3) is 5.91 Å². The number of benzene rings is 2. The molecule has 0 spiro atoms. The number of thiocarbonyl (C=S) groups is 1. The minimum absolute atomic E-state index is 0.108. The summed E-state index contributed by atoms with van der Waals surface area (Å²) in [5, 5.41) is 4.91. The molecular weight excluding hydrogens is 457 g/mol. The smallest absolute Gasteiger partial charge is 0.416 e. The molecule has 2 aromatic carbocycles. The van der Waals surface area contributed by atoms with Crippen molar-refractivity contribution in [1.82, 2.24) is 5.32 Å². The first-order valence-corrected chi connectivity index (χ1v) is 9.62. The topological polar surface area (TPSA) is 50.4 Å². The Bertz CT molecular complexity index is 859. The first kappa shape index (κ1) is 22.2. The van der Waals surface area contributed by atoms with E-state index in [2.05, 4.69) is 33.5 Å². The number of amides is 1. The number of anilines is 1. The molecule has 0 heterocycles. The van der Waals surface area contributed by atoms with Gasteiger partial charge in [-0.05, 0) is 71.0 Å². The van der Waals surface area contributed by atoms with E-state index in [1.165, 1.54) is 12.1 Å². The van der Waals surface area contributed by atoms with Crippen LogP contribution in [0, 0.1) is 0 Å². The summed E-state index contributed by atoms with van der Waals surface area (Å²) in [7, 11) is 0. The van der Waals surface area contributed by atoms with Gasteiger partial charge in [-0.15, -0.1) is 0 Å². The normalized spacial score (nSPS) is 11.0. The highest BCUT2D eigenvalue weighted by atomic mass is 79.9. The van der Waals surface area contributed by atoms with Crippen molar-refractivity contribution in [1.29, 1.82) is 0 Å². The molecule has 0 aliphatic heterocycles.